The van der Waals surface area contributed by atoms with Gasteiger partial charge in [-0.1, -0.05) is 28.9 Å². The molecule has 1 saturated carbocycles. The number of rotatable bonds is 5. The molecule has 7 rings (SSSR count). The fraction of sp³-hybridized carbons (Fsp3) is 0.345. The molecule has 0 bridgehead atoms. The van der Waals surface area contributed by atoms with Gasteiger partial charge in [0.2, 0.25) is 0 Å². The summed E-state index contributed by atoms with van der Waals surface area (Å²) in [5.74, 6) is 0.780. The third-order valence-electron chi connectivity index (χ3n) is 8.70. The largest absolute Gasteiger partial charge is 0.482 e. The van der Waals surface area contributed by atoms with E-state index in [1.165, 1.54) is 12.3 Å². The van der Waals surface area contributed by atoms with E-state index >= 15 is 0 Å². The number of hydrogen-bond acceptors (Lipinski definition) is 6. The number of ether oxygens (including phenoxy) is 1. The molecule has 0 unspecified atom stereocenters. The molecule has 4 heterocycles. The van der Waals surface area contributed by atoms with Crippen LogP contribution in [0.5, 0.6) is 5.75 Å². The maximum Gasteiger partial charge on any atom is 0.422 e. The molecule has 9 nitrogen and oxygen atoms in total. The Morgan fingerprint density at radius 2 is 1.57 bits per heavy atom. The first kappa shape index (κ1) is 26.7. The molecule has 1 aliphatic carbocycles. The van der Waals surface area contributed by atoms with Crippen molar-refractivity contribution in [2.75, 3.05) is 32.8 Å². The normalized spacial score (nSPS) is 23.0. The molecule has 4 atom stereocenters. The van der Waals surface area contributed by atoms with Gasteiger partial charge in [-0.15, -0.1) is 5.10 Å². The van der Waals surface area contributed by atoms with Gasteiger partial charge < -0.3 is 14.5 Å². The number of pyridine rings is 1. The van der Waals surface area contributed by atoms with Gasteiger partial charge in [0, 0.05) is 42.3 Å². The molecule has 2 aliphatic heterocycles. The van der Waals surface area contributed by atoms with Gasteiger partial charge in [-0.05, 0) is 65.6 Å². The van der Waals surface area contributed by atoms with Crippen LogP contribution in [0.15, 0.2) is 54.7 Å². The third kappa shape index (κ3) is 4.73. The van der Waals surface area contributed by atoms with E-state index < -0.39 is 12.8 Å². The van der Waals surface area contributed by atoms with Crippen molar-refractivity contribution in [2.24, 2.45) is 23.7 Å². The number of carbonyl (C=O) groups is 2. The first-order chi connectivity index (χ1) is 20.1. The van der Waals surface area contributed by atoms with E-state index in [4.69, 9.17) is 16.3 Å². The average Bonchev–Trinajstić information content (AvgIpc) is 3.70. The quantitative estimate of drug-likeness (QED) is 0.358. The van der Waals surface area contributed by atoms with Crippen LogP contribution in [0.2, 0.25) is 5.02 Å². The highest BCUT2D eigenvalue weighted by atomic mass is 35.5. The van der Waals surface area contributed by atoms with Gasteiger partial charge in [-0.3, -0.25) is 14.7 Å². The molecule has 0 spiro atoms. The van der Waals surface area contributed by atoms with Crippen molar-refractivity contribution in [1.29, 1.82) is 0 Å². The van der Waals surface area contributed by atoms with Gasteiger partial charge in [0.1, 0.15) is 17.0 Å². The zero-order valence-electron chi connectivity index (χ0n) is 22.0. The summed E-state index contributed by atoms with van der Waals surface area (Å²) in [6.45, 7) is 0.875. The Kier molecular flexibility index (Phi) is 6.34. The number of benzene rings is 2. The van der Waals surface area contributed by atoms with Crippen LogP contribution in [0, 0.1) is 23.7 Å². The molecule has 2 saturated heterocycles. The maximum atomic E-state index is 13.5. The summed E-state index contributed by atoms with van der Waals surface area (Å²) in [4.78, 5) is 34.6. The number of amides is 2. The number of nitrogens with zero attached hydrogens (tertiary/aromatic N) is 5. The van der Waals surface area contributed by atoms with Crippen molar-refractivity contribution in [3.8, 4) is 16.9 Å². The minimum Gasteiger partial charge on any atom is -0.482 e. The van der Waals surface area contributed by atoms with Crippen LogP contribution >= 0.6 is 11.6 Å². The Morgan fingerprint density at radius 1 is 0.929 bits per heavy atom. The Morgan fingerprint density at radius 3 is 2.21 bits per heavy atom. The van der Waals surface area contributed by atoms with Crippen molar-refractivity contribution >= 4 is 34.4 Å². The van der Waals surface area contributed by atoms with Crippen molar-refractivity contribution in [3.63, 3.8) is 0 Å². The molecule has 0 radical (unpaired) electrons. The second kappa shape index (κ2) is 9.97. The number of fused-ring (bicyclic) bond motifs is 5. The molecule has 13 heteroatoms. The minimum absolute atomic E-state index is 0.0351. The lowest BCUT2D eigenvalue weighted by Crippen LogP contribution is -2.44. The Balaban J connectivity index is 1.05. The third-order valence-corrected chi connectivity index (χ3v) is 8.96. The average molecular weight is 597 g/mol. The van der Waals surface area contributed by atoms with Crippen LogP contribution in [0.25, 0.3) is 22.2 Å². The highest BCUT2D eigenvalue weighted by Crippen LogP contribution is 2.54. The van der Waals surface area contributed by atoms with E-state index in [2.05, 4.69) is 20.4 Å². The van der Waals surface area contributed by atoms with Crippen LogP contribution in [0.3, 0.4) is 0 Å². The zero-order valence-corrected chi connectivity index (χ0v) is 22.8. The predicted octanol–water partition coefficient (Wildman–Crippen LogP) is 4.70. The number of likely N-dealkylation sites (tertiary alicyclic amines) is 2. The number of carbonyl (C=O) groups excluding carboxylic acids is 2. The summed E-state index contributed by atoms with van der Waals surface area (Å²) in [5, 5.41) is 11.0. The van der Waals surface area contributed by atoms with Gasteiger partial charge in [-0.2, -0.15) is 13.2 Å². The second-order valence-electron chi connectivity index (χ2n) is 11.1. The van der Waals surface area contributed by atoms with Gasteiger partial charge in [-0.25, -0.2) is 4.98 Å². The second-order valence-corrected chi connectivity index (χ2v) is 11.5. The fourth-order valence-corrected chi connectivity index (χ4v) is 6.84. The van der Waals surface area contributed by atoms with Crippen LogP contribution in [-0.4, -0.2) is 81.0 Å². The smallest absolute Gasteiger partial charge is 0.422 e. The van der Waals surface area contributed by atoms with E-state index in [1.54, 1.807) is 47.4 Å². The topological polar surface area (TPSA) is 104 Å². The van der Waals surface area contributed by atoms with Crippen LogP contribution in [0.1, 0.15) is 20.8 Å². The van der Waals surface area contributed by atoms with Crippen LogP contribution in [0.4, 0.5) is 13.2 Å². The van der Waals surface area contributed by atoms with E-state index in [1.807, 2.05) is 4.90 Å². The SMILES string of the molecule is O=C(c1ccc2[nH]nnc2c1)N1C[C@@H]2[C@H](C1)[C@H]1CN(C(=O)c3cc(-c4ccc(Cl)cc4)c(OCC(F)(F)F)cn3)C[C@@H]21. The molecule has 2 amide bonds. The first-order valence-electron chi connectivity index (χ1n) is 13.5. The van der Waals surface area contributed by atoms with Crippen molar-refractivity contribution in [1.82, 2.24) is 30.2 Å². The molecule has 42 heavy (non-hydrogen) atoms. The first-order valence-corrected chi connectivity index (χ1v) is 13.9. The Bertz CT molecular complexity index is 1670. The molecule has 2 aromatic heterocycles. The summed E-state index contributed by atoms with van der Waals surface area (Å²) in [6, 6.07) is 13.3. The fourth-order valence-electron chi connectivity index (χ4n) is 6.72. The Hall–Kier alpha value is -4.19. The van der Waals surface area contributed by atoms with Crippen molar-refractivity contribution in [3.05, 3.63) is 71.0 Å². The standard InChI is InChI=1S/C29H24ClF3N6O3/c30-17-4-1-15(2-5-17)18-8-25(34-9-26(18)42-14-29(31,32)33)28(41)39-12-21-19-10-38(11-20(19)22(21)13-39)27(40)16-3-6-23-24(7-16)36-37-35-23/h1-9,19-22H,10-14H2,(H,35,36,37)/t19-,20+,21+,22-. The van der Waals surface area contributed by atoms with Crippen LogP contribution < -0.4 is 4.74 Å². The van der Waals surface area contributed by atoms with E-state index in [9.17, 15) is 22.8 Å². The molecule has 3 aliphatic rings. The number of nitrogens with one attached hydrogen (secondary N) is 1. The number of alkyl halides is 3. The van der Waals surface area contributed by atoms with Gasteiger partial charge in [0.15, 0.2) is 6.61 Å². The molecule has 3 fully saturated rings. The summed E-state index contributed by atoms with van der Waals surface area (Å²) >= 11 is 5.99. The van der Waals surface area contributed by atoms with Gasteiger partial charge in [0.05, 0.1) is 11.7 Å². The van der Waals surface area contributed by atoms with E-state index in [0.29, 0.717) is 65.2 Å². The van der Waals surface area contributed by atoms with Crippen molar-refractivity contribution in [2.45, 2.75) is 6.18 Å². The lowest BCUT2D eigenvalue weighted by atomic mass is 9.60. The number of halogens is 4. The Labute approximate surface area is 242 Å². The molecular weight excluding hydrogens is 573 g/mol. The van der Waals surface area contributed by atoms with Crippen molar-refractivity contribution < 1.29 is 27.5 Å². The summed E-state index contributed by atoms with van der Waals surface area (Å²) in [6.07, 6.45) is -3.36. The number of aromatic amines is 1. The van der Waals surface area contributed by atoms with Crippen LogP contribution in [-0.2, 0) is 0 Å². The summed E-state index contributed by atoms with van der Waals surface area (Å²) in [5.41, 5.74) is 2.99. The highest BCUT2D eigenvalue weighted by Gasteiger charge is 2.59. The highest BCUT2D eigenvalue weighted by molar-refractivity contribution is 6.30. The minimum atomic E-state index is -4.52. The predicted molar refractivity (Wildman–Crippen MR) is 146 cm³/mol. The number of H-pyrrole nitrogens is 1. The summed E-state index contributed by atoms with van der Waals surface area (Å²) in [7, 11) is 0. The molecule has 1 N–H and O–H groups in total. The zero-order chi connectivity index (χ0) is 29.2. The molecule has 2 aromatic carbocycles. The maximum absolute atomic E-state index is 13.5. The lowest BCUT2D eigenvalue weighted by Gasteiger charge is -2.42. The lowest BCUT2D eigenvalue weighted by molar-refractivity contribution is -0.153. The molecule has 216 valence electrons. The number of aromatic nitrogens is 4. The van der Waals surface area contributed by atoms with Gasteiger partial charge >= 0.3 is 6.18 Å². The monoisotopic (exact) mass is 596 g/mol. The van der Waals surface area contributed by atoms with Gasteiger partial charge in [0.25, 0.3) is 11.8 Å². The number of hydrogen-bond donors (Lipinski definition) is 1. The van der Waals surface area contributed by atoms with E-state index in [-0.39, 0.29) is 35.1 Å². The molecular formula is C29H24ClF3N6O3. The summed E-state index contributed by atoms with van der Waals surface area (Å²) < 4.78 is 43.6. The molecule has 4 aromatic rings. The van der Waals surface area contributed by atoms with E-state index in [0.717, 1.165) is 5.52 Å².